The summed E-state index contributed by atoms with van der Waals surface area (Å²) in [6.45, 7) is 3.45. The van der Waals surface area contributed by atoms with Crippen LogP contribution in [0, 0.1) is 0 Å². The van der Waals surface area contributed by atoms with Gasteiger partial charge in [0.2, 0.25) is 0 Å². The largest absolute Gasteiger partial charge is 0.545 e. The maximum Gasteiger partial charge on any atom is 0.0724 e. The van der Waals surface area contributed by atoms with Crippen molar-refractivity contribution >= 4 is 11.9 Å². The highest BCUT2D eigenvalue weighted by Crippen LogP contribution is 2.14. The van der Waals surface area contributed by atoms with E-state index in [1.54, 1.807) is 0 Å². The van der Waals surface area contributed by atoms with Gasteiger partial charge in [-0.05, 0) is 12.0 Å². The van der Waals surface area contributed by atoms with Crippen LogP contribution >= 0.6 is 0 Å². The molecule has 0 aromatic heterocycles. The molecule has 15 heavy (non-hydrogen) atoms. The summed E-state index contributed by atoms with van der Waals surface area (Å²) in [5, 5.41) is 21.4. The molecule has 0 amide bonds. The summed E-state index contributed by atoms with van der Waals surface area (Å²) in [6, 6.07) is 4.14. The molecule has 78 valence electrons. The molecule has 0 unspecified atom stereocenters. The Bertz CT molecular complexity index is 421. The molecule has 0 heterocycles. The van der Waals surface area contributed by atoms with Crippen molar-refractivity contribution in [3.05, 3.63) is 47.5 Å². The Morgan fingerprint density at radius 2 is 1.93 bits per heavy atom. The molecule has 0 saturated heterocycles. The number of carbonyl (C=O) groups is 2. The van der Waals surface area contributed by atoms with Gasteiger partial charge in [0.25, 0.3) is 0 Å². The number of carboxylic acid groups (broad SMARTS) is 2. The lowest BCUT2D eigenvalue weighted by molar-refractivity contribution is -0.259. The summed E-state index contributed by atoms with van der Waals surface area (Å²) in [4.78, 5) is 21.4. The molecule has 0 saturated carbocycles. The molecule has 0 bridgehead atoms. The van der Waals surface area contributed by atoms with Crippen molar-refractivity contribution in [1.29, 1.82) is 0 Å². The van der Waals surface area contributed by atoms with E-state index in [0.717, 1.165) is 0 Å². The first-order valence-electron chi connectivity index (χ1n) is 4.23. The molecule has 0 radical (unpaired) electrons. The molecular formula is C11H8O4-2. The van der Waals surface area contributed by atoms with Gasteiger partial charge in [0.05, 0.1) is 11.9 Å². The van der Waals surface area contributed by atoms with Crippen LogP contribution in [-0.4, -0.2) is 11.9 Å². The van der Waals surface area contributed by atoms with Crippen molar-refractivity contribution in [2.45, 2.75) is 6.42 Å². The van der Waals surface area contributed by atoms with E-state index >= 15 is 0 Å². The first-order chi connectivity index (χ1) is 7.07. The molecule has 4 nitrogen and oxygen atoms in total. The number of carboxylic acids is 2. The van der Waals surface area contributed by atoms with Crippen LogP contribution in [0.1, 0.15) is 26.3 Å². The molecule has 0 N–H and O–H groups in total. The molecule has 0 spiro atoms. The summed E-state index contributed by atoms with van der Waals surface area (Å²) in [7, 11) is 0. The van der Waals surface area contributed by atoms with Crippen LogP contribution in [0.15, 0.2) is 30.9 Å². The Hall–Kier alpha value is -2.10. The molecule has 0 aliphatic carbocycles. The fourth-order valence-corrected chi connectivity index (χ4v) is 1.34. The van der Waals surface area contributed by atoms with Crippen molar-refractivity contribution in [2.24, 2.45) is 0 Å². The van der Waals surface area contributed by atoms with Crippen molar-refractivity contribution in [3.8, 4) is 0 Å². The minimum atomic E-state index is -1.53. The second-order valence-electron chi connectivity index (χ2n) is 2.91. The molecule has 0 aliphatic heterocycles. The topological polar surface area (TPSA) is 80.3 Å². The lowest BCUT2D eigenvalue weighted by Gasteiger charge is -2.15. The normalized spacial score (nSPS) is 9.60. The van der Waals surface area contributed by atoms with E-state index < -0.39 is 11.9 Å². The predicted octanol–water partition coefficient (Wildman–Crippen LogP) is -0.858. The van der Waals surface area contributed by atoms with E-state index in [-0.39, 0.29) is 17.5 Å². The molecule has 0 fully saturated rings. The van der Waals surface area contributed by atoms with Crippen LogP contribution in [0.3, 0.4) is 0 Å². The van der Waals surface area contributed by atoms with Crippen molar-refractivity contribution in [3.63, 3.8) is 0 Å². The highest BCUT2D eigenvalue weighted by molar-refractivity contribution is 6.01. The average molecular weight is 204 g/mol. The zero-order valence-electron chi connectivity index (χ0n) is 7.86. The maximum absolute atomic E-state index is 10.8. The van der Waals surface area contributed by atoms with Crippen molar-refractivity contribution in [1.82, 2.24) is 0 Å². The minimum Gasteiger partial charge on any atom is -0.545 e. The standard InChI is InChI=1S/C11H10O4/c1-2-4-7-5-3-6-8(10(12)13)9(7)11(14)15/h2-3,5-6H,1,4H2,(H,12,13)(H,14,15)/p-2. The van der Waals surface area contributed by atoms with E-state index in [1.165, 1.54) is 24.3 Å². The fraction of sp³-hybridized carbons (Fsp3) is 0.0909. The van der Waals surface area contributed by atoms with Crippen molar-refractivity contribution in [2.75, 3.05) is 0 Å². The van der Waals surface area contributed by atoms with Crippen LogP contribution in [0.4, 0.5) is 0 Å². The maximum atomic E-state index is 10.8. The smallest absolute Gasteiger partial charge is 0.0724 e. The fourth-order valence-electron chi connectivity index (χ4n) is 1.34. The number of benzene rings is 1. The highest BCUT2D eigenvalue weighted by Gasteiger charge is 2.08. The van der Waals surface area contributed by atoms with Crippen LogP contribution in [0.2, 0.25) is 0 Å². The van der Waals surface area contributed by atoms with E-state index in [2.05, 4.69) is 6.58 Å². The number of carbonyl (C=O) groups excluding carboxylic acids is 2. The summed E-state index contributed by atoms with van der Waals surface area (Å²) in [5.74, 6) is -3.05. The van der Waals surface area contributed by atoms with Gasteiger partial charge < -0.3 is 19.8 Å². The zero-order valence-corrected chi connectivity index (χ0v) is 7.86. The molecule has 0 aliphatic rings. The molecule has 1 rings (SSSR count). The Morgan fingerprint density at radius 3 is 2.40 bits per heavy atom. The Morgan fingerprint density at radius 1 is 1.27 bits per heavy atom. The van der Waals surface area contributed by atoms with Gasteiger partial charge in [0, 0.05) is 11.1 Å². The van der Waals surface area contributed by atoms with E-state index in [0.29, 0.717) is 5.56 Å². The number of allylic oxidation sites excluding steroid dienone is 1. The molecule has 4 heteroatoms. The molecule has 1 aromatic rings. The van der Waals surface area contributed by atoms with Crippen molar-refractivity contribution < 1.29 is 19.8 Å². The summed E-state index contributed by atoms with van der Waals surface area (Å²) >= 11 is 0. The van der Waals surface area contributed by atoms with Gasteiger partial charge in [-0.2, -0.15) is 0 Å². The van der Waals surface area contributed by atoms with Gasteiger partial charge in [-0.15, -0.1) is 6.58 Å². The lowest BCUT2D eigenvalue weighted by atomic mass is 9.99. The molecule has 1 aromatic carbocycles. The molecular weight excluding hydrogens is 196 g/mol. The third-order valence-corrected chi connectivity index (χ3v) is 1.94. The monoisotopic (exact) mass is 204 g/mol. The van der Waals surface area contributed by atoms with E-state index in [9.17, 15) is 19.8 Å². The van der Waals surface area contributed by atoms with Gasteiger partial charge >= 0.3 is 0 Å². The number of hydrogen-bond donors (Lipinski definition) is 0. The number of hydrogen-bond acceptors (Lipinski definition) is 4. The summed E-state index contributed by atoms with van der Waals surface area (Å²) < 4.78 is 0. The Kier molecular flexibility index (Phi) is 3.23. The third-order valence-electron chi connectivity index (χ3n) is 1.94. The number of rotatable bonds is 4. The van der Waals surface area contributed by atoms with E-state index in [4.69, 9.17) is 0 Å². The second kappa shape index (κ2) is 4.41. The zero-order chi connectivity index (χ0) is 11.4. The van der Waals surface area contributed by atoms with E-state index in [1.807, 2.05) is 0 Å². The Labute approximate surface area is 86.5 Å². The molecule has 0 atom stereocenters. The second-order valence-corrected chi connectivity index (χ2v) is 2.91. The summed E-state index contributed by atoms with van der Waals surface area (Å²) in [5.41, 5.74) is -0.349. The lowest BCUT2D eigenvalue weighted by Crippen LogP contribution is -2.31. The van der Waals surface area contributed by atoms with Crippen LogP contribution in [0.25, 0.3) is 0 Å². The number of aromatic carboxylic acids is 2. The van der Waals surface area contributed by atoms with Crippen LogP contribution in [0.5, 0.6) is 0 Å². The van der Waals surface area contributed by atoms with Crippen LogP contribution in [-0.2, 0) is 6.42 Å². The summed E-state index contributed by atoms with van der Waals surface area (Å²) in [6.07, 6.45) is 1.76. The van der Waals surface area contributed by atoms with Gasteiger partial charge in [-0.3, -0.25) is 0 Å². The Balaban J connectivity index is 3.40. The van der Waals surface area contributed by atoms with Gasteiger partial charge in [0.1, 0.15) is 0 Å². The van der Waals surface area contributed by atoms with Gasteiger partial charge in [0.15, 0.2) is 0 Å². The first-order valence-corrected chi connectivity index (χ1v) is 4.23. The predicted molar refractivity (Wildman–Crippen MR) is 49.0 cm³/mol. The SMILES string of the molecule is C=CCc1cccc(C(=O)[O-])c1C(=O)[O-]. The van der Waals surface area contributed by atoms with Gasteiger partial charge in [-0.1, -0.05) is 24.3 Å². The average Bonchev–Trinajstić information content (AvgIpc) is 2.17. The van der Waals surface area contributed by atoms with Crippen LogP contribution < -0.4 is 10.2 Å². The third kappa shape index (κ3) is 2.22. The first kappa shape index (κ1) is 11.0. The highest BCUT2D eigenvalue weighted by atomic mass is 16.4. The quantitative estimate of drug-likeness (QED) is 0.598. The minimum absolute atomic E-state index is 0.268. The van der Waals surface area contributed by atoms with Gasteiger partial charge in [-0.25, -0.2) is 0 Å².